The van der Waals surface area contributed by atoms with E-state index in [2.05, 4.69) is 30.3 Å². The highest BCUT2D eigenvalue weighted by molar-refractivity contribution is 7.91. The Kier molecular flexibility index (Phi) is 5.55. The molecule has 1 amide bonds. The topological polar surface area (TPSA) is 58.9 Å². The highest BCUT2D eigenvalue weighted by Crippen LogP contribution is 2.32. The van der Waals surface area contributed by atoms with Crippen LogP contribution in [0.3, 0.4) is 0 Å². The number of nitrogens with zero attached hydrogens (tertiary/aromatic N) is 1. The van der Waals surface area contributed by atoms with E-state index >= 15 is 0 Å². The van der Waals surface area contributed by atoms with Crippen molar-refractivity contribution in [2.24, 2.45) is 5.92 Å². The van der Waals surface area contributed by atoms with Crippen LogP contribution in [-0.4, -0.2) is 62.4 Å². The molecule has 2 aliphatic heterocycles. The van der Waals surface area contributed by atoms with Gasteiger partial charge < -0.3 is 9.80 Å². The number of quaternary nitrogens is 1. The number of piperidine rings is 1. The van der Waals surface area contributed by atoms with Crippen molar-refractivity contribution in [1.29, 1.82) is 0 Å². The van der Waals surface area contributed by atoms with Crippen LogP contribution in [0.15, 0.2) is 30.3 Å². The minimum atomic E-state index is -2.95. The first-order valence-electron chi connectivity index (χ1n) is 10.4. The minimum absolute atomic E-state index is 0.0787. The van der Waals surface area contributed by atoms with Crippen LogP contribution >= 0.6 is 0 Å². The first-order chi connectivity index (χ1) is 13.0. The number of benzene rings is 1. The highest BCUT2D eigenvalue weighted by Gasteiger charge is 2.43. The van der Waals surface area contributed by atoms with Crippen LogP contribution in [0.25, 0.3) is 0 Å². The van der Waals surface area contributed by atoms with Gasteiger partial charge >= 0.3 is 0 Å². The van der Waals surface area contributed by atoms with Crippen LogP contribution in [0.4, 0.5) is 0 Å². The quantitative estimate of drug-likeness (QED) is 0.777. The van der Waals surface area contributed by atoms with Crippen molar-refractivity contribution in [3.63, 3.8) is 0 Å². The van der Waals surface area contributed by atoms with Gasteiger partial charge in [0.05, 0.1) is 24.6 Å². The number of hydrogen-bond donors (Lipinski definition) is 1. The van der Waals surface area contributed by atoms with Crippen LogP contribution in [0.5, 0.6) is 0 Å². The van der Waals surface area contributed by atoms with Gasteiger partial charge in [0.25, 0.3) is 5.91 Å². The summed E-state index contributed by atoms with van der Waals surface area (Å²) in [5, 5.41) is 0. The average molecular weight is 392 g/mol. The van der Waals surface area contributed by atoms with Gasteiger partial charge in [-0.15, -0.1) is 0 Å². The lowest BCUT2D eigenvalue weighted by molar-refractivity contribution is -0.898. The maximum absolute atomic E-state index is 13.0. The van der Waals surface area contributed by atoms with Crippen LogP contribution in [0.2, 0.25) is 0 Å². The van der Waals surface area contributed by atoms with Crippen LogP contribution in [-0.2, 0) is 21.1 Å². The van der Waals surface area contributed by atoms with E-state index in [0.29, 0.717) is 24.9 Å². The van der Waals surface area contributed by atoms with Crippen molar-refractivity contribution in [2.45, 2.75) is 50.6 Å². The number of amides is 1. The molecule has 1 aromatic rings. The first-order valence-corrected chi connectivity index (χ1v) is 12.2. The lowest BCUT2D eigenvalue weighted by Gasteiger charge is -2.33. The van der Waals surface area contributed by atoms with Gasteiger partial charge in [-0.05, 0) is 50.0 Å². The molecule has 1 N–H and O–H groups in total. The molecule has 27 heavy (non-hydrogen) atoms. The van der Waals surface area contributed by atoms with E-state index in [-0.39, 0.29) is 23.5 Å². The van der Waals surface area contributed by atoms with Crippen LogP contribution in [0.1, 0.15) is 37.7 Å². The maximum Gasteiger partial charge on any atom is 0.278 e. The SMILES string of the molecule is O=C(C[NH+]1CCC(Cc2ccccc2)CC1)N(C1CC1)[C@H]1CCS(=O)(=O)C1. The molecule has 0 spiro atoms. The summed E-state index contributed by atoms with van der Waals surface area (Å²) in [7, 11) is -2.95. The summed E-state index contributed by atoms with van der Waals surface area (Å²) in [5.41, 5.74) is 1.41. The van der Waals surface area contributed by atoms with Crippen LogP contribution in [0, 0.1) is 5.92 Å². The summed E-state index contributed by atoms with van der Waals surface area (Å²) in [6, 6.07) is 10.9. The van der Waals surface area contributed by atoms with Gasteiger partial charge in [-0.2, -0.15) is 0 Å². The molecule has 0 aromatic heterocycles. The van der Waals surface area contributed by atoms with E-state index in [0.717, 1.165) is 32.4 Å². The predicted octanol–water partition coefficient (Wildman–Crippen LogP) is 0.702. The fourth-order valence-electron chi connectivity index (χ4n) is 4.77. The van der Waals surface area contributed by atoms with Gasteiger partial charge in [-0.1, -0.05) is 30.3 Å². The minimum Gasteiger partial charge on any atom is -0.331 e. The Hall–Kier alpha value is -1.40. The Labute approximate surface area is 162 Å². The van der Waals surface area contributed by atoms with Crippen molar-refractivity contribution in [1.82, 2.24) is 4.90 Å². The molecule has 148 valence electrons. The number of nitrogens with one attached hydrogen (secondary N) is 1. The Morgan fingerprint density at radius 3 is 2.30 bits per heavy atom. The number of hydrogen-bond acceptors (Lipinski definition) is 3. The van der Waals surface area contributed by atoms with Crippen LogP contribution < -0.4 is 4.90 Å². The van der Waals surface area contributed by atoms with E-state index in [4.69, 9.17) is 0 Å². The van der Waals surface area contributed by atoms with E-state index in [9.17, 15) is 13.2 Å². The van der Waals surface area contributed by atoms with Gasteiger partial charge in [0.2, 0.25) is 0 Å². The molecule has 3 fully saturated rings. The molecule has 6 heteroatoms. The standard InChI is InChI=1S/C21H30N2O3S/c24-21(23(19-6-7-19)20-10-13-27(25,26)16-20)15-22-11-8-18(9-12-22)14-17-4-2-1-3-5-17/h1-5,18-20H,6-16H2/p+1/t20-/m0/s1. The van der Waals surface area contributed by atoms with Crippen molar-refractivity contribution in [3.8, 4) is 0 Å². The van der Waals surface area contributed by atoms with Gasteiger partial charge in [0.15, 0.2) is 16.4 Å². The summed E-state index contributed by atoms with van der Waals surface area (Å²) in [6.07, 6.45) is 6.17. The van der Waals surface area contributed by atoms with E-state index in [1.165, 1.54) is 23.3 Å². The third-order valence-corrected chi connectivity index (χ3v) is 8.16. The van der Waals surface area contributed by atoms with Crippen molar-refractivity contribution < 1.29 is 18.1 Å². The zero-order valence-electron chi connectivity index (χ0n) is 16.0. The molecule has 0 unspecified atom stereocenters. The van der Waals surface area contributed by atoms with E-state index in [1.807, 2.05) is 4.90 Å². The molecule has 5 nitrogen and oxygen atoms in total. The van der Waals surface area contributed by atoms with Gasteiger partial charge in [-0.25, -0.2) is 8.42 Å². The molecule has 2 saturated heterocycles. The lowest BCUT2D eigenvalue weighted by Crippen LogP contribution is -3.14. The monoisotopic (exact) mass is 391 g/mol. The molecule has 2 heterocycles. The second-order valence-electron chi connectivity index (χ2n) is 8.65. The Balaban J connectivity index is 1.28. The fourth-order valence-corrected chi connectivity index (χ4v) is 6.48. The molecule has 0 bridgehead atoms. The smallest absolute Gasteiger partial charge is 0.278 e. The molecule has 4 rings (SSSR count). The van der Waals surface area contributed by atoms with E-state index < -0.39 is 9.84 Å². The number of sulfone groups is 1. The summed E-state index contributed by atoms with van der Waals surface area (Å²) < 4.78 is 23.7. The van der Waals surface area contributed by atoms with Gasteiger partial charge in [0, 0.05) is 12.1 Å². The van der Waals surface area contributed by atoms with Crippen molar-refractivity contribution >= 4 is 15.7 Å². The normalized spacial score (nSPS) is 30.1. The molecule has 1 atom stereocenters. The Bertz CT molecular complexity index is 753. The molecule has 1 aromatic carbocycles. The number of carbonyl (C=O) groups is 1. The second-order valence-corrected chi connectivity index (χ2v) is 10.9. The third-order valence-electron chi connectivity index (χ3n) is 6.41. The molecular weight excluding hydrogens is 360 g/mol. The largest absolute Gasteiger partial charge is 0.331 e. The van der Waals surface area contributed by atoms with E-state index in [1.54, 1.807) is 0 Å². The molecule has 1 saturated carbocycles. The predicted molar refractivity (Wildman–Crippen MR) is 105 cm³/mol. The summed E-state index contributed by atoms with van der Waals surface area (Å²) in [4.78, 5) is 16.3. The molecule has 1 aliphatic carbocycles. The summed E-state index contributed by atoms with van der Waals surface area (Å²) >= 11 is 0. The van der Waals surface area contributed by atoms with Crippen molar-refractivity contribution in [3.05, 3.63) is 35.9 Å². The highest BCUT2D eigenvalue weighted by atomic mass is 32.2. The first kappa shape index (κ1) is 18.9. The molecule has 3 aliphatic rings. The number of rotatable bonds is 6. The zero-order chi connectivity index (χ0) is 18.9. The fraction of sp³-hybridized carbons (Fsp3) is 0.667. The molecule has 0 radical (unpaired) electrons. The Morgan fingerprint density at radius 2 is 1.70 bits per heavy atom. The summed E-state index contributed by atoms with van der Waals surface area (Å²) in [6.45, 7) is 2.63. The molecular formula is C21H31N2O3S+. The van der Waals surface area contributed by atoms with Gasteiger partial charge in [0.1, 0.15) is 0 Å². The summed E-state index contributed by atoms with van der Waals surface area (Å²) in [5.74, 6) is 1.30. The zero-order valence-corrected chi connectivity index (χ0v) is 16.8. The Morgan fingerprint density at radius 1 is 1.00 bits per heavy atom. The lowest BCUT2D eigenvalue weighted by atomic mass is 9.90. The number of likely N-dealkylation sites (tertiary alicyclic amines) is 1. The average Bonchev–Trinajstić information content (AvgIpc) is 3.41. The van der Waals surface area contributed by atoms with Crippen molar-refractivity contribution in [2.75, 3.05) is 31.1 Å². The third kappa shape index (κ3) is 4.91. The maximum atomic E-state index is 13.0. The number of carbonyl (C=O) groups excluding carboxylic acids is 1. The van der Waals surface area contributed by atoms with Gasteiger partial charge in [-0.3, -0.25) is 4.79 Å². The second kappa shape index (κ2) is 7.92.